The molecule has 1 heterocycles. The predicted molar refractivity (Wildman–Crippen MR) is 57.2 cm³/mol. The Labute approximate surface area is 96.9 Å². The van der Waals surface area contributed by atoms with Crippen molar-refractivity contribution >= 4 is 15.7 Å². The van der Waals surface area contributed by atoms with Crippen LogP contribution in [0.5, 0.6) is 0 Å². The van der Waals surface area contributed by atoms with Crippen LogP contribution in [0.3, 0.4) is 0 Å². The van der Waals surface area contributed by atoms with E-state index in [0.29, 0.717) is 16.3 Å². The molecule has 2 rings (SSSR count). The summed E-state index contributed by atoms with van der Waals surface area (Å²) in [6.07, 6.45) is 0.312. The van der Waals surface area contributed by atoms with Crippen molar-refractivity contribution in [1.82, 2.24) is 0 Å². The van der Waals surface area contributed by atoms with Crippen LogP contribution in [0.15, 0.2) is 18.2 Å². The Morgan fingerprint density at radius 3 is 2.53 bits per heavy atom. The lowest BCUT2D eigenvalue weighted by molar-refractivity contribution is -0.0437. The van der Waals surface area contributed by atoms with E-state index >= 15 is 0 Å². The Morgan fingerprint density at radius 2 is 1.94 bits per heavy atom. The van der Waals surface area contributed by atoms with Gasteiger partial charge in [0.05, 0.1) is 5.69 Å². The normalized spacial score (nSPS) is 16.1. The summed E-state index contributed by atoms with van der Waals surface area (Å²) in [5.41, 5.74) is -3.58. The highest BCUT2D eigenvalue weighted by atomic mass is 32.2. The lowest BCUT2D eigenvalue weighted by Crippen LogP contribution is -2.39. The van der Waals surface area contributed by atoms with Gasteiger partial charge in [0.15, 0.2) is 0 Å². The van der Waals surface area contributed by atoms with Gasteiger partial charge in [0.1, 0.15) is 0 Å². The number of rotatable bonds is 1. The fourth-order valence-corrected chi connectivity index (χ4v) is 2.89. The van der Waals surface area contributed by atoms with Gasteiger partial charge < -0.3 is 0 Å². The van der Waals surface area contributed by atoms with Gasteiger partial charge in [-0.05, 0) is 25.0 Å². The van der Waals surface area contributed by atoms with Crippen molar-refractivity contribution in [3.8, 4) is 0 Å². The molecule has 1 aliphatic heterocycles. The van der Waals surface area contributed by atoms with Crippen molar-refractivity contribution < 1.29 is 21.6 Å². The van der Waals surface area contributed by atoms with Crippen LogP contribution in [-0.2, 0) is 16.4 Å². The standard InChI is InChI=1S/C10H10F3NO2S/c1-7-2-3-9-8(6-7)4-5-14(9)17(15,16)10(11,12)13/h2-3,6H,4-5H2,1H3. The zero-order chi connectivity index (χ0) is 12.8. The fourth-order valence-electron chi connectivity index (χ4n) is 1.87. The van der Waals surface area contributed by atoms with E-state index in [1.807, 2.05) is 0 Å². The summed E-state index contributed by atoms with van der Waals surface area (Å²) in [6.45, 7) is 1.65. The van der Waals surface area contributed by atoms with Crippen LogP contribution in [0.2, 0.25) is 0 Å². The Balaban J connectivity index is 2.48. The van der Waals surface area contributed by atoms with Crippen LogP contribution in [0, 0.1) is 6.92 Å². The Bertz CT molecular complexity index is 551. The van der Waals surface area contributed by atoms with Crippen LogP contribution >= 0.6 is 0 Å². The van der Waals surface area contributed by atoms with Crippen molar-refractivity contribution in [3.05, 3.63) is 29.3 Å². The summed E-state index contributed by atoms with van der Waals surface area (Å²) < 4.78 is 60.3. The summed E-state index contributed by atoms with van der Waals surface area (Å²) in [6, 6.07) is 4.73. The zero-order valence-corrected chi connectivity index (χ0v) is 9.77. The summed E-state index contributed by atoms with van der Waals surface area (Å²) in [7, 11) is -5.27. The van der Waals surface area contributed by atoms with E-state index in [9.17, 15) is 21.6 Å². The van der Waals surface area contributed by atoms with Crippen molar-refractivity contribution in [2.75, 3.05) is 10.8 Å². The van der Waals surface area contributed by atoms with Crippen LogP contribution in [0.1, 0.15) is 11.1 Å². The Hall–Kier alpha value is -1.24. The molecule has 0 aromatic heterocycles. The first-order valence-electron chi connectivity index (χ1n) is 4.92. The molecule has 94 valence electrons. The number of halogens is 3. The molecule has 0 aliphatic carbocycles. The third kappa shape index (κ3) is 1.88. The number of sulfonamides is 1. The van der Waals surface area contributed by atoms with Gasteiger partial charge in [0.25, 0.3) is 0 Å². The average Bonchev–Trinajstić information content (AvgIpc) is 2.58. The first-order valence-corrected chi connectivity index (χ1v) is 6.36. The lowest BCUT2D eigenvalue weighted by Gasteiger charge is -2.20. The highest BCUT2D eigenvalue weighted by Gasteiger charge is 2.51. The van der Waals surface area contributed by atoms with E-state index in [0.717, 1.165) is 5.56 Å². The first kappa shape index (κ1) is 12.2. The molecule has 1 aromatic rings. The molecule has 0 radical (unpaired) electrons. The van der Waals surface area contributed by atoms with Crippen LogP contribution in [-0.4, -0.2) is 20.5 Å². The average molecular weight is 265 g/mol. The van der Waals surface area contributed by atoms with Gasteiger partial charge in [-0.25, -0.2) is 0 Å². The maximum Gasteiger partial charge on any atom is 0.516 e. The minimum Gasteiger partial charge on any atom is -0.262 e. The predicted octanol–water partition coefficient (Wildman–Crippen LogP) is 2.21. The number of nitrogens with zero attached hydrogens (tertiary/aromatic N) is 1. The smallest absolute Gasteiger partial charge is 0.262 e. The third-order valence-electron chi connectivity index (χ3n) is 2.67. The van der Waals surface area contributed by atoms with Gasteiger partial charge in [0.2, 0.25) is 0 Å². The fraction of sp³-hybridized carbons (Fsp3) is 0.400. The van der Waals surface area contributed by atoms with Gasteiger partial charge in [-0.3, -0.25) is 4.31 Å². The van der Waals surface area contributed by atoms with Crippen LogP contribution in [0.25, 0.3) is 0 Å². The number of fused-ring (bicyclic) bond motifs is 1. The molecule has 7 heteroatoms. The van der Waals surface area contributed by atoms with E-state index in [1.165, 1.54) is 6.07 Å². The number of aryl methyl sites for hydroxylation is 1. The maximum atomic E-state index is 12.4. The van der Waals surface area contributed by atoms with Crippen molar-refractivity contribution in [2.24, 2.45) is 0 Å². The molecular weight excluding hydrogens is 255 g/mol. The highest BCUT2D eigenvalue weighted by Crippen LogP contribution is 2.36. The van der Waals surface area contributed by atoms with Gasteiger partial charge in [0, 0.05) is 6.54 Å². The topological polar surface area (TPSA) is 37.4 Å². The van der Waals surface area contributed by atoms with Gasteiger partial charge in [-0.1, -0.05) is 17.7 Å². The number of hydrogen-bond acceptors (Lipinski definition) is 2. The quantitative estimate of drug-likeness (QED) is 0.780. The van der Waals surface area contributed by atoms with Crippen molar-refractivity contribution in [2.45, 2.75) is 18.9 Å². The first-order chi connectivity index (χ1) is 7.73. The number of anilines is 1. The SMILES string of the molecule is Cc1ccc2c(c1)CCN2S(=O)(=O)C(F)(F)F. The molecule has 0 bridgehead atoms. The zero-order valence-electron chi connectivity index (χ0n) is 8.95. The van der Waals surface area contributed by atoms with Crippen LogP contribution < -0.4 is 4.31 Å². The minimum atomic E-state index is -5.27. The van der Waals surface area contributed by atoms with E-state index in [-0.39, 0.29) is 12.2 Å². The molecule has 0 saturated heterocycles. The van der Waals surface area contributed by atoms with Crippen molar-refractivity contribution in [3.63, 3.8) is 0 Å². The molecule has 0 amide bonds. The minimum absolute atomic E-state index is 0.132. The Morgan fingerprint density at radius 1 is 1.29 bits per heavy atom. The molecule has 0 spiro atoms. The molecule has 17 heavy (non-hydrogen) atoms. The molecule has 0 atom stereocenters. The van der Waals surface area contributed by atoms with E-state index < -0.39 is 15.5 Å². The van der Waals surface area contributed by atoms with Gasteiger partial charge >= 0.3 is 15.5 Å². The second-order valence-electron chi connectivity index (χ2n) is 3.91. The number of alkyl halides is 3. The molecule has 1 aliphatic rings. The third-order valence-corrected chi connectivity index (χ3v) is 4.22. The largest absolute Gasteiger partial charge is 0.516 e. The second-order valence-corrected chi connectivity index (χ2v) is 5.76. The van der Waals surface area contributed by atoms with Crippen LogP contribution in [0.4, 0.5) is 18.9 Å². The molecule has 3 nitrogen and oxygen atoms in total. The molecular formula is C10H10F3NO2S. The van der Waals surface area contributed by atoms with E-state index in [1.54, 1.807) is 19.1 Å². The summed E-state index contributed by atoms with van der Waals surface area (Å²) >= 11 is 0. The van der Waals surface area contributed by atoms with Gasteiger partial charge in [-0.2, -0.15) is 21.6 Å². The van der Waals surface area contributed by atoms with Gasteiger partial charge in [-0.15, -0.1) is 0 Å². The molecule has 1 aromatic carbocycles. The van der Waals surface area contributed by atoms with E-state index in [4.69, 9.17) is 0 Å². The van der Waals surface area contributed by atoms with E-state index in [2.05, 4.69) is 0 Å². The molecule has 0 N–H and O–H groups in total. The number of benzene rings is 1. The molecule has 0 fully saturated rings. The highest BCUT2D eigenvalue weighted by molar-refractivity contribution is 7.93. The summed E-state index contributed by atoms with van der Waals surface area (Å²) in [5.74, 6) is 0. The number of hydrogen-bond donors (Lipinski definition) is 0. The van der Waals surface area contributed by atoms with Crippen molar-refractivity contribution in [1.29, 1.82) is 0 Å². The Kier molecular flexibility index (Phi) is 2.61. The second kappa shape index (κ2) is 3.63. The monoisotopic (exact) mass is 265 g/mol. The summed E-state index contributed by atoms with van der Waals surface area (Å²) in [4.78, 5) is 0. The summed E-state index contributed by atoms with van der Waals surface area (Å²) in [5, 5.41) is 0. The lowest BCUT2D eigenvalue weighted by atomic mass is 10.1. The molecule has 0 saturated carbocycles. The molecule has 0 unspecified atom stereocenters. The maximum absolute atomic E-state index is 12.4.